The van der Waals surface area contributed by atoms with Crippen LogP contribution in [-0.4, -0.2) is 28.2 Å². The van der Waals surface area contributed by atoms with Crippen LogP contribution in [0, 0.1) is 21.3 Å². The largest absolute Gasteiger partial charge is 3.00 e. The van der Waals surface area contributed by atoms with Gasteiger partial charge in [0.25, 0.3) is 0 Å². The summed E-state index contributed by atoms with van der Waals surface area (Å²) in [6.45, 7) is 7.80. The van der Waals surface area contributed by atoms with Crippen molar-refractivity contribution >= 4 is 11.4 Å². The molecule has 0 amide bonds. The average molecular weight is 328 g/mol. The number of rotatable bonds is 2. The smallest absolute Gasteiger partial charge is 0.428 e. The van der Waals surface area contributed by atoms with Crippen molar-refractivity contribution in [1.29, 1.82) is 0 Å². The molecule has 0 saturated carbocycles. The van der Waals surface area contributed by atoms with E-state index in [2.05, 4.69) is 35.8 Å². The maximum absolute atomic E-state index is 3.90. The van der Waals surface area contributed by atoms with E-state index in [4.69, 9.17) is 0 Å². The van der Waals surface area contributed by atoms with Crippen LogP contribution in [0.15, 0.2) is 48.5 Å². The van der Waals surface area contributed by atoms with Crippen molar-refractivity contribution in [3.8, 4) is 0 Å². The fraction of sp³-hybridized carbons (Fsp3) is 0.211. The van der Waals surface area contributed by atoms with E-state index < -0.39 is 0 Å². The normalized spacial score (nSPS) is 8.55. The summed E-state index contributed by atoms with van der Waals surface area (Å²) in [5.41, 5.74) is 4.52. The van der Waals surface area contributed by atoms with Gasteiger partial charge in [-0.1, -0.05) is 35.6 Å². The van der Waals surface area contributed by atoms with E-state index in [0.717, 1.165) is 11.1 Å². The van der Waals surface area contributed by atoms with E-state index in [0.29, 0.717) is 0 Å². The van der Waals surface area contributed by atoms with Gasteiger partial charge in [0.15, 0.2) is 0 Å². The molecule has 2 aromatic carbocycles. The third kappa shape index (κ3) is 6.99. The van der Waals surface area contributed by atoms with Gasteiger partial charge in [-0.25, -0.2) is 0 Å². The first kappa shape index (κ1) is 22.8. The van der Waals surface area contributed by atoms with E-state index in [1.807, 2.05) is 64.6 Å². The molecule has 0 fully saturated rings. The molecule has 2 rings (SSSR count). The number of nitrogens with zero attached hydrogens (tertiary/aromatic N) is 2. The fourth-order valence-corrected chi connectivity index (χ4v) is 1.89. The molecule has 22 heavy (non-hydrogen) atoms. The van der Waals surface area contributed by atoms with Gasteiger partial charge in [0, 0.05) is 7.43 Å². The van der Waals surface area contributed by atoms with E-state index in [9.17, 15) is 0 Å². The molecule has 3 heteroatoms. The molecule has 0 bridgehead atoms. The van der Waals surface area contributed by atoms with Crippen molar-refractivity contribution in [2.45, 2.75) is 0 Å². The summed E-state index contributed by atoms with van der Waals surface area (Å²) in [6, 6.07) is 16.2. The Hall–Kier alpha value is -1.48. The Bertz CT molecular complexity index is 487. The molecule has 0 spiro atoms. The Labute approximate surface area is 155 Å². The van der Waals surface area contributed by atoms with Gasteiger partial charge in [-0.05, 0) is 28.2 Å². The van der Waals surface area contributed by atoms with Crippen molar-refractivity contribution in [3.63, 3.8) is 0 Å². The van der Waals surface area contributed by atoms with Crippen LogP contribution >= 0.6 is 0 Å². The van der Waals surface area contributed by atoms with E-state index >= 15 is 0 Å². The Morgan fingerprint density at radius 1 is 0.636 bits per heavy atom. The van der Waals surface area contributed by atoms with Crippen LogP contribution in [0.1, 0.15) is 11.1 Å². The number of hydrogen-bond donors (Lipinski definition) is 0. The van der Waals surface area contributed by atoms with Crippen molar-refractivity contribution < 1.29 is 25.8 Å². The average Bonchev–Trinajstić information content (AvgIpc) is 2.40. The SMILES string of the molecule is [CH2-]c1ccccc1N(C)C.[CH2-]c1ccccc1N(C)C.[CH3+].[Sc+3]. The third-order valence-electron chi connectivity index (χ3n) is 2.95. The van der Waals surface area contributed by atoms with Crippen LogP contribution in [0.3, 0.4) is 0 Å². The third-order valence-corrected chi connectivity index (χ3v) is 2.95. The van der Waals surface area contributed by atoms with Crippen molar-refractivity contribution in [2.24, 2.45) is 0 Å². The number of benzene rings is 2. The first-order valence-electron chi connectivity index (χ1n) is 6.60. The minimum atomic E-state index is 0. The number of hydrogen-bond acceptors (Lipinski definition) is 2. The number of anilines is 2. The van der Waals surface area contributed by atoms with E-state index in [1.165, 1.54) is 11.4 Å². The van der Waals surface area contributed by atoms with Crippen LogP contribution in [0.5, 0.6) is 0 Å². The summed E-state index contributed by atoms with van der Waals surface area (Å²) in [6.07, 6.45) is 0. The summed E-state index contributed by atoms with van der Waals surface area (Å²) in [5, 5.41) is 0. The zero-order valence-electron chi connectivity index (χ0n) is 14.5. The van der Waals surface area contributed by atoms with E-state index in [1.54, 1.807) is 0 Å². The van der Waals surface area contributed by atoms with Crippen LogP contribution in [0.4, 0.5) is 11.4 Å². The van der Waals surface area contributed by atoms with Crippen molar-refractivity contribution in [3.05, 3.63) is 80.9 Å². The zero-order chi connectivity index (χ0) is 15.1. The van der Waals surface area contributed by atoms with Gasteiger partial charge >= 0.3 is 25.8 Å². The molecule has 0 saturated heterocycles. The molecule has 0 atom stereocenters. The first-order valence-corrected chi connectivity index (χ1v) is 6.60. The second-order valence-corrected chi connectivity index (χ2v) is 5.05. The monoisotopic (exact) mass is 328 g/mol. The minimum Gasteiger partial charge on any atom is -0.428 e. The molecular weight excluding hydrogens is 301 g/mol. The van der Waals surface area contributed by atoms with E-state index in [-0.39, 0.29) is 33.3 Å². The topological polar surface area (TPSA) is 6.48 Å². The van der Waals surface area contributed by atoms with Crippen LogP contribution in [0.2, 0.25) is 0 Å². The van der Waals surface area contributed by atoms with Gasteiger partial charge in [-0.2, -0.15) is 37.1 Å². The molecular formula is C19H27N2Sc+2. The van der Waals surface area contributed by atoms with Crippen molar-refractivity contribution in [2.75, 3.05) is 38.0 Å². The maximum atomic E-state index is 3.90. The Morgan fingerprint density at radius 2 is 0.909 bits per heavy atom. The fourth-order valence-electron chi connectivity index (χ4n) is 1.89. The molecule has 2 aromatic rings. The Kier molecular flexibility index (Phi) is 11.5. The predicted octanol–water partition coefficient (Wildman–Crippen LogP) is 4.32. The van der Waals surface area contributed by atoms with Crippen LogP contribution in [0.25, 0.3) is 0 Å². The van der Waals surface area contributed by atoms with Gasteiger partial charge in [0.1, 0.15) is 0 Å². The molecule has 0 aromatic heterocycles. The van der Waals surface area contributed by atoms with Gasteiger partial charge in [-0.15, -0.1) is 12.1 Å². The first-order chi connectivity index (χ1) is 9.43. The maximum Gasteiger partial charge on any atom is 3.00 e. The summed E-state index contributed by atoms with van der Waals surface area (Å²) in [7, 11) is 8.07. The molecule has 0 unspecified atom stereocenters. The molecule has 0 aliphatic carbocycles. The van der Waals surface area contributed by atoms with Crippen LogP contribution in [-0.2, 0) is 25.8 Å². The summed E-state index contributed by atoms with van der Waals surface area (Å²) >= 11 is 0. The van der Waals surface area contributed by atoms with Gasteiger partial charge in [0.2, 0.25) is 0 Å². The Balaban J connectivity index is 0. The summed E-state index contributed by atoms with van der Waals surface area (Å²) < 4.78 is 0. The predicted molar refractivity (Wildman–Crippen MR) is 96.9 cm³/mol. The molecule has 0 N–H and O–H groups in total. The summed E-state index contributed by atoms with van der Waals surface area (Å²) in [5.74, 6) is 0. The second kappa shape index (κ2) is 11.1. The standard InChI is InChI=1S/2C9H12N.CH3.Sc/c2*1-8-6-4-5-7-9(8)10(2)3;;/h2*4-7H,1H2,2-3H3;1H3;/q2*-1;+1;+3. The minimum absolute atomic E-state index is 0. The molecule has 0 radical (unpaired) electrons. The molecule has 0 aliphatic rings. The van der Waals surface area contributed by atoms with Gasteiger partial charge < -0.3 is 9.80 Å². The molecule has 2 nitrogen and oxygen atoms in total. The zero-order valence-corrected chi connectivity index (χ0v) is 16.3. The Morgan fingerprint density at radius 3 is 1.09 bits per heavy atom. The molecule has 114 valence electrons. The molecule has 0 aliphatic heterocycles. The van der Waals surface area contributed by atoms with Crippen LogP contribution < -0.4 is 9.80 Å². The quantitative estimate of drug-likeness (QED) is 0.758. The van der Waals surface area contributed by atoms with Gasteiger partial charge in [-0.3, -0.25) is 0 Å². The summed E-state index contributed by atoms with van der Waals surface area (Å²) in [4.78, 5) is 4.12. The second-order valence-electron chi connectivity index (χ2n) is 5.05. The molecule has 0 heterocycles. The number of para-hydroxylation sites is 2. The van der Waals surface area contributed by atoms with Crippen molar-refractivity contribution in [1.82, 2.24) is 0 Å². The van der Waals surface area contributed by atoms with Gasteiger partial charge in [0.05, 0.1) is 0 Å².